The quantitative estimate of drug-likeness (QED) is 0.761. The van der Waals surface area contributed by atoms with Gasteiger partial charge in [-0.1, -0.05) is 17.7 Å². The third-order valence-corrected chi connectivity index (χ3v) is 3.73. The Morgan fingerprint density at radius 1 is 1.48 bits per heavy atom. The van der Waals surface area contributed by atoms with Gasteiger partial charge in [-0.3, -0.25) is 9.36 Å². The van der Waals surface area contributed by atoms with Gasteiger partial charge in [0.15, 0.2) is 15.9 Å². The zero-order chi connectivity index (χ0) is 15.7. The predicted molar refractivity (Wildman–Crippen MR) is 82.2 cm³/mol. The number of allylic oxidation sites excluding steroid dienone is 2. The molecule has 7 nitrogen and oxygen atoms in total. The standard InChI is InChI=1S/C12H11BrClN5O2/c1-7(14)3-5-18-8-9(16-11(18)13)17(2)12(21)19(6-4-15)10(8)20/h3H,5-6H2,1-2H3. The van der Waals surface area contributed by atoms with Crippen molar-refractivity contribution in [1.82, 2.24) is 18.7 Å². The minimum absolute atomic E-state index is 0.244. The highest BCUT2D eigenvalue weighted by Crippen LogP contribution is 2.16. The lowest BCUT2D eigenvalue weighted by molar-refractivity contribution is 0.668. The molecule has 0 aliphatic rings. The Bertz CT molecular complexity index is 895. The van der Waals surface area contributed by atoms with Crippen molar-refractivity contribution in [3.8, 4) is 6.07 Å². The first-order chi connectivity index (χ1) is 9.88. The molecule has 21 heavy (non-hydrogen) atoms. The number of nitrogens with zero attached hydrogens (tertiary/aromatic N) is 5. The smallest absolute Gasteiger partial charge is 0.309 e. The molecule has 0 saturated carbocycles. The van der Waals surface area contributed by atoms with Gasteiger partial charge >= 0.3 is 5.69 Å². The summed E-state index contributed by atoms with van der Waals surface area (Å²) in [4.78, 5) is 28.7. The van der Waals surface area contributed by atoms with E-state index in [1.807, 2.05) is 6.07 Å². The summed E-state index contributed by atoms with van der Waals surface area (Å²) in [6.07, 6.45) is 1.71. The predicted octanol–water partition coefficient (Wildman–Crippen LogP) is 1.33. The molecular weight excluding hydrogens is 362 g/mol. The van der Waals surface area contributed by atoms with Crippen LogP contribution in [0.3, 0.4) is 0 Å². The number of rotatable bonds is 3. The number of hydrogen-bond acceptors (Lipinski definition) is 4. The number of halogens is 2. The molecule has 2 rings (SSSR count). The van der Waals surface area contributed by atoms with E-state index in [0.717, 1.165) is 4.57 Å². The first-order valence-electron chi connectivity index (χ1n) is 5.93. The first kappa shape index (κ1) is 15.5. The van der Waals surface area contributed by atoms with Crippen molar-refractivity contribution in [2.24, 2.45) is 7.05 Å². The van der Waals surface area contributed by atoms with Crippen molar-refractivity contribution in [3.63, 3.8) is 0 Å². The van der Waals surface area contributed by atoms with Crippen LogP contribution in [0.2, 0.25) is 0 Å². The second-order valence-electron chi connectivity index (χ2n) is 4.35. The summed E-state index contributed by atoms with van der Waals surface area (Å²) >= 11 is 9.07. The van der Waals surface area contributed by atoms with Crippen LogP contribution in [0.4, 0.5) is 0 Å². The largest absolute Gasteiger partial charge is 0.333 e. The summed E-state index contributed by atoms with van der Waals surface area (Å²) in [5.74, 6) is 0. The Kier molecular flexibility index (Phi) is 4.34. The van der Waals surface area contributed by atoms with Crippen molar-refractivity contribution >= 4 is 38.7 Å². The van der Waals surface area contributed by atoms with Crippen LogP contribution < -0.4 is 11.2 Å². The molecule has 0 aliphatic heterocycles. The maximum absolute atomic E-state index is 12.4. The van der Waals surface area contributed by atoms with E-state index in [9.17, 15) is 9.59 Å². The van der Waals surface area contributed by atoms with Crippen molar-refractivity contribution in [2.45, 2.75) is 20.0 Å². The minimum atomic E-state index is -0.574. The summed E-state index contributed by atoms with van der Waals surface area (Å²) in [7, 11) is 1.50. The minimum Gasteiger partial charge on any atom is -0.309 e. The number of aryl methyl sites for hydroxylation is 1. The third-order valence-electron chi connectivity index (χ3n) is 2.97. The summed E-state index contributed by atoms with van der Waals surface area (Å²) in [5.41, 5.74) is -0.621. The van der Waals surface area contributed by atoms with Gasteiger partial charge in [0.2, 0.25) is 0 Å². The van der Waals surface area contributed by atoms with Gasteiger partial charge in [-0.25, -0.2) is 14.3 Å². The number of fused-ring (bicyclic) bond motifs is 1. The van der Waals surface area contributed by atoms with E-state index in [0.29, 0.717) is 16.3 Å². The Hall–Kier alpha value is -1.85. The summed E-state index contributed by atoms with van der Waals surface area (Å²) in [6, 6.07) is 1.81. The van der Waals surface area contributed by atoms with Gasteiger partial charge in [-0.05, 0) is 22.9 Å². The molecule has 0 fully saturated rings. The number of nitriles is 1. The molecule has 0 bridgehead atoms. The second kappa shape index (κ2) is 5.87. The van der Waals surface area contributed by atoms with Crippen LogP contribution in [0.25, 0.3) is 11.2 Å². The molecule has 0 N–H and O–H groups in total. The van der Waals surface area contributed by atoms with E-state index < -0.39 is 11.2 Å². The summed E-state index contributed by atoms with van der Waals surface area (Å²) in [6.45, 7) is 1.74. The molecule has 9 heteroatoms. The zero-order valence-electron chi connectivity index (χ0n) is 11.3. The van der Waals surface area contributed by atoms with Crippen LogP contribution in [-0.4, -0.2) is 18.7 Å². The molecule has 0 aliphatic carbocycles. The fraction of sp³-hybridized carbons (Fsp3) is 0.333. The van der Waals surface area contributed by atoms with Gasteiger partial charge in [0, 0.05) is 18.6 Å². The van der Waals surface area contributed by atoms with Gasteiger partial charge < -0.3 is 4.57 Å². The van der Waals surface area contributed by atoms with Crippen LogP contribution in [-0.2, 0) is 20.1 Å². The first-order valence-corrected chi connectivity index (χ1v) is 7.10. The van der Waals surface area contributed by atoms with E-state index in [-0.39, 0.29) is 17.7 Å². The van der Waals surface area contributed by atoms with E-state index in [4.69, 9.17) is 16.9 Å². The molecule has 2 aromatic heterocycles. The highest BCUT2D eigenvalue weighted by Gasteiger charge is 2.18. The SMILES string of the molecule is CC(Cl)=CCn1c(Br)nc2c1c(=O)n(CC#N)c(=O)n2C. The lowest BCUT2D eigenvalue weighted by atomic mass is 10.4. The molecule has 2 aromatic rings. The van der Waals surface area contributed by atoms with Gasteiger partial charge in [0.25, 0.3) is 5.56 Å². The molecule has 110 valence electrons. The fourth-order valence-electron chi connectivity index (χ4n) is 1.94. The van der Waals surface area contributed by atoms with Crippen LogP contribution in [0, 0.1) is 11.3 Å². The van der Waals surface area contributed by atoms with Crippen molar-refractivity contribution in [3.05, 3.63) is 36.7 Å². The molecule has 0 unspecified atom stereocenters. The highest BCUT2D eigenvalue weighted by molar-refractivity contribution is 9.10. The average Bonchev–Trinajstić information content (AvgIpc) is 2.76. The fourth-order valence-corrected chi connectivity index (χ4v) is 2.50. The van der Waals surface area contributed by atoms with E-state index in [2.05, 4.69) is 20.9 Å². The van der Waals surface area contributed by atoms with Crippen LogP contribution in [0.5, 0.6) is 0 Å². The highest BCUT2D eigenvalue weighted by atomic mass is 79.9. The maximum Gasteiger partial charge on any atom is 0.333 e. The number of aromatic nitrogens is 4. The Balaban J connectivity index is 2.88. The number of hydrogen-bond donors (Lipinski definition) is 0. The topological polar surface area (TPSA) is 85.6 Å². The molecular formula is C12H11BrClN5O2. The molecule has 0 spiro atoms. The van der Waals surface area contributed by atoms with Gasteiger partial charge in [0.1, 0.15) is 6.54 Å². The van der Waals surface area contributed by atoms with E-state index in [1.165, 1.54) is 11.6 Å². The monoisotopic (exact) mass is 371 g/mol. The number of imidazole rings is 1. The van der Waals surface area contributed by atoms with Crippen molar-refractivity contribution < 1.29 is 0 Å². The van der Waals surface area contributed by atoms with Crippen LogP contribution in [0.1, 0.15) is 6.92 Å². The summed E-state index contributed by atoms with van der Waals surface area (Å²) in [5, 5.41) is 9.34. The maximum atomic E-state index is 12.4. The molecule has 0 amide bonds. The zero-order valence-corrected chi connectivity index (χ0v) is 13.6. The lowest BCUT2D eigenvalue weighted by Gasteiger charge is -2.06. The Labute approximate surface area is 132 Å². The Morgan fingerprint density at radius 3 is 2.71 bits per heavy atom. The van der Waals surface area contributed by atoms with Crippen molar-refractivity contribution in [1.29, 1.82) is 5.26 Å². The van der Waals surface area contributed by atoms with Gasteiger partial charge in [-0.2, -0.15) is 5.26 Å². The average molecular weight is 373 g/mol. The van der Waals surface area contributed by atoms with E-state index in [1.54, 1.807) is 17.6 Å². The molecule has 0 saturated heterocycles. The summed E-state index contributed by atoms with van der Waals surface area (Å²) < 4.78 is 4.13. The van der Waals surface area contributed by atoms with Crippen LogP contribution >= 0.6 is 27.5 Å². The molecule has 0 radical (unpaired) electrons. The molecule has 0 atom stereocenters. The third kappa shape index (κ3) is 2.66. The second-order valence-corrected chi connectivity index (χ2v) is 5.65. The normalized spacial score (nSPS) is 11.9. The van der Waals surface area contributed by atoms with Gasteiger partial charge in [0.05, 0.1) is 6.07 Å². The van der Waals surface area contributed by atoms with Gasteiger partial charge in [-0.15, -0.1) is 0 Å². The van der Waals surface area contributed by atoms with Crippen molar-refractivity contribution in [2.75, 3.05) is 0 Å². The Morgan fingerprint density at radius 2 is 2.14 bits per heavy atom. The van der Waals surface area contributed by atoms with E-state index >= 15 is 0 Å². The lowest BCUT2D eigenvalue weighted by Crippen LogP contribution is -2.39. The molecule has 0 aromatic carbocycles. The molecule has 2 heterocycles. The van der Waals surface area contributed by atoms with Crippen LogP contribution in [0.15, 0.2) is 25.4 Å².